The zero-order chi connectivity index (χ0) is 18.1. The fourth-order valence-electron chi connectivity index (χ4n) is 3.32. The number of amides is 1. The number of nitrogens with zero attached hydrogens (tertiary/aromatic N) is 5. The molecule has 0 N–H and O–H groups in total. The van der Waals surface area contributed by atoms with Crippen LogP contribution in [0.25, 0.3) is 11.2 Å². The SMILES string of the molecule is Cn1cnc2cc(C(=O)N3CCN(Cc4cccc(Cl)c4)CC3)cnc21. The minimum Gasteiger partial charge on any atom is -0.336 e. The first-order valence-electron chi connectivity index (χ1n) is 8.63. The number of piperazine rings is 1. The average molecular weight is 370 g/mol. The lowest BCUT2D eigenvalue weighted by Crippen LogP contribution is -2.48. The molecule has 1 aliphatic heterocycles. The van der Waals surface area contributed by atoms with Gasteiger partial charge in [0.2, 0.25) is 0 Å². The van der Waals surface area contributed by atoms with Crippen molar-refractivity contribution in [1.29, 1.82) is 0 Å². The molecule has 3 aromatic rings. The molecule has 0 saturated carbocycles. The third kappa shape index (κ3) is 3.43. The average Bonchev–Trinajstić information content (AvgIpc) is 3.02. The number of benzene rings is 1. The minimum absolute atomic E-state index is 0.0208. The van der Waals surface area contributed by atoms with Gasteiger partial charge < -0.3 is 9.47 Å². The highest BCUT2D eigenvalue weighted by Crippen LogP contribution is 2.16. The molecule has 1 aromatic carbocycles. The number of rotatable bonds is 3. The van der Waals surface area contributed by atoms with Crippen LogP contribution in [-0.2, 0) is 13.6 Å². The predicted molar refractivity (Wildman–Crippen MR) is 101 cm³/mol. The molecule has 1 amide bonds. The highest BCUT2D eigenvalue weighted by molar-refractivity contribution is 6.30. The van der Waals surface area contributed by atoms with E-state index in [2.05, 4.69) is 20.9 Å². The van der Waals surface area contributed by atoms with Gasteiger partial charge in [-0.1, -0.05) is 23.7 Å². The van der Waals surface area contributed by atoms with E-state index in [0.29, 0.717) is 18.7 Å². The Balaban J connectivity index is 1.39. The Morgan fingerprint density at radius 3 is 2.73 bits per heavy atom. The Kier molecular flexibility index (Phi) is 4.61. The molecule has 0 bridgehead atoms. The maximum atomic E-state index is 12.8. The van der Waals surface area contributed by atoms with Gasteiger partial charge in [0, 0.05) is 51.0 Å². The van der Waals surface area contributed by atoms with Gasteiger partial charge in [0.05, 0.1) is 11.9 Å². The van der Waals surface area contributed by atoms with Crippen molar-refractivity contribution >= 4 is 28.7 Å². The van der Waals surface area contributed by atoms with Crippen molar-refractivity contribution in [2.45, 2.75) is 6.54 Å². The molecular weight excluding hydrogens is 350 g/mol. The largest absolute Gasteiger partial charge is 0.336 e. The molecule has 0 aliphatic carbocycles. The first-order chi connectivity index (χ1) is 12.6. The fraction of sp³-hybridized carbons (Fsp3) is 0.316. The molecule has 2 aromatic heterocycles. The summed E-state index contributed by atoms with van der Waals surface area (Å²) in [4.78, 5) is 25.7. The summed E-state index contributed by atoms with van der Waals surface area (Å²) in [7, 11) is 1.89. The molecule has 134 valence electrons. The summed E-state index contributed by atoms with van der Waals surface area (Å²) in [6.45, 7) is 3.96. The van der Waals surface area contributed by atoms with Crippen LogP contribution in [0.4, 0.5) is 0 Å². The molecule has 0 atom stereocenters. The number of halogens is 1. The maximum absolute atomic E-state index is 12.8. The number of carbonyl (C=O) groups excluding carboxylic acids is 1. The summed E-state index contributed by atoms with van der Waals surface area (Å²) in [6, 6.07) is 9.75. The van der Waals surface area contributed by atoms with E-state index >= 15 is 0 Å². The van der Waals surface area contributed by atoms with Crippen LogP contribution in [0.3, 0.4) is 0 Å². The summed E-state index contributed by atoms with van der Waals surface area (Å²) in [5, 5.41) is 0.758. The number of pyridine rings is 1. The third-order valence-electron chi connectivity index (χ3n) is 4.75. The molecule has 26 heavy (non-hydrogen) atoms. The second-order valence-electron chi connectivity index (χ2n) is 6.62. The highest BCUT2D eigenvalue weighted by atomic mass is 35.5. The van der Waals surface area contributed by atoms with Crippen molar-refractivity contribution in [3.63, 3.8) is 0 Å². The van der Waals surface area contributed by atoms with Gasteiger partial charge in [-0.05, 0) is 23.8 Å². The van der Waals surface area contributed by atoms with Crippen molar-refractivity contribution in [2.75, 3.05) is 26.2 Å². The molecule has 7 heteroatoms. The van der Waals surface area contributed by atoms with Crippen LogP contribution in [0, 0.1) is 0 Å². The van der Waals surface area contributed by atoms with Crippen LogP contribution in [0.15, 0.2) is 42.9 Å². The topological polar surface area (TPSA) is 54.3 Å². The summed E-state index contributed by atoms with van der Waals surface area (Å²) < 4.78 is 1.85. The number of hydrogen-bond donors (Lipinski definition) is 0. The molecule has 0 radical (unpaired) electrons. The monoisotopic (exact) mass is 369 g/mol. The summed E-state index contributed by atoms with van der Waals surface area (Å²) >= 11 is 6.05. The molecule has 1 fully saturated rings. The number of aryl methyl sites for hydroxylation is 1. The van der Waals surface area contributed by atoms with Crippen molar-refractivity contribution in [3.05, 3.63) is 59.0 Å². The van der Waals surface area contributed by atoms with Gasteiger partial charge in [-0.15, -0.1) is 0 Å². The van der Waals surface area contributed by atoms with Crippen LogP contribution in [-0.4, -0.2) is 56.4 Å². The molecule has 6 nitrogen and oxygen atoms in total. The fourth-order valence-corrected chi connectivity index (χ4v) is 3.53. The van der Waals surface area contributed by atoms with Crippen molar-refractivity contribution in [1.82, 2.24) is 24.3 Å². The number of fused-ring (bicyclic) bond motifs is 1. The van der Waals surface area contributed by atoms with Gasteiger partial charge in [0.25, 0.3) is 5.91 Å². The van der Waals surface area contributed by atoms with Crippen LogP contribution in [0.1, 0.15) is 15.9 Å². The van der Waals surface area contributed by atoms with E-state index in [1.807, 2.05) is 40.8 Å². The minimum atomic E-state index is 0.0208. The number of carbonyl (C=O) groups is 1. The van der Waals surface area contributed by atoms with Gasteiger partial charge in [-0.2, -0.15) is 0 Å². The Bertz CT molecular complexity index is 946. The van der Waals surface area contributed by atoms with E-state index < -0.39 is 0 Å². The maximum Gasteiger partial charge on any atom is 0.255 e. The lowest BCUT2D eigenvalue weighted by Gasteiger charge is -2.34. The molecule has 0 spiro atoms. The number of aromatic nitrogens is 3. The number of hydrogen-bond acceptors (Lipinski definition) is 4. The zero-order valence-corrected chi connectivity index (χ0v) is 15.4. The van der Waals surface area contributed by atoms with Gasteiger partial charge in [0.15, 0.2) is 5.65 Å². The first kappa shape index (κ1) is 17.0. The van der Waals surface area contributed by atoms with E-state index in [1.54, 1.807) is 12.5 Å². The quantitative estimate of drug-likeness (QED) is 0.712. The van der Waals surface area contributed by atoms with E-state index in [0.717, 1.165) is 35.8 Å². The van der Waals surface area contributed by atoms with Crippen molar-refractivity contribution < 1.29 is 4.79 Å². The Labute approximate surface area is 157 Å². The standard InChI is InChI=1S/C19H20ClN5O/c1-23-13-22-17-10-15(11-21-18(17)23)19(26)25-7-5-24(6-8-25)12-14-3-2-4-16(20)9-14/h2-4,9-11,13H,5-8,12H2,1H3. The van der Waals surface area contributed by atoms with Gasteiger partial charge in [-0.25, -0.2) is 9.97 Å². The second-order valence-corrected chi connectivity index (χ2v) is 7.06. The van der Waals surface area contributed by atoms with Crippen LogP contribution < -0.4 is 0 Å². The smallest absolute Gasteiger partial charge is 0.255 e. The van der Waals surface area contributed by atoms with E-state index in [-0.39, 0.29) is 5.91 Å². The van der Waals surface area contributed by atoms with Crippen molar-refractivity contribution in [2.24, 2.45) is 7.05 Å². The van der Waals surface area contributed by atoms with Crippen LogP contribution >= 0.6 is 11.6 Å². The Hall–Kier alpha value is -2.44. The summed E-state index contributed by atoms with van der Waals surface area (Å²) in [6.07, 6.45) is 3.35. The normalized spacial score (nSPS) is 15.5. The first-order valence-corrected chi connectivity index (χ1v) is 9.01. The number of imidazole rings is 1. The summed E-state index contributed by atoms with van der Waals surface area (Å²) in [5.74, 6) is 0.0208. The predicted octanol–water partition coefficient (Wildman–Crippen LogP) is 2.58. The van der Waals surface area contributed by atoms with Crippen molar-refractivity contribution in [3.8, 4) is 0 Å². The van der Waals surface area contributed by atoms with E-state index in [1.165, 1.54) is 5.56 Å². The van der Waals surface area contributed by atoms with E-state index in [4.69, 9.17) is 11.6 Å². The third-order valence-corrected chi connectivity index (χ3v) is 4.99. The van der Waals surface area contributed by atoms with Gasteiger partial charge >= 0.3 is 0 Å². The Morgan fingerprint density at radius 1 is 1.15 bits per heavy atom. The zero-order valence-electron chi connectivity index (χ0n) is 14.6. The van der Waals surface area contributed by atoms with Crippen LogP contribution in [0.5, 0.6) is 0 Å². The molecule has 1 aliphatic rings. The van der Waals surface area contributed by atoms with Gasteiger partial charge in [-0.3, -0.25) is 9.69 Å². The van der Waals surface area contributed by atoms with Gasteiger partial charge in [0.1, 0.15) is 5.52 Å². The molecule has 0 unspecified atom stereocenters. The molecule has 1 saturated heterocycles. The Morgan fingerprint density at radius 2 is 1.96 bits per heavy atom. The molecule has 3 heterocycles. The second kappa shape index (κ2) is 7.05. The van der Waals surface area contributed by atoms with Crippen LogP contribution in [0.2, 0.25) is 5.02 Å². The van der Waals surface area contributed by atoms with E-state index in [9.17, 15) is 4.79 Å². The lowest BCUT2D eigenvalue weighted by molar-refractivity contribution is 0.0628. The molecule has 4 rings (SSSR count). The lowest BCUT2D eigenvalue weighted by atomic mass is 10.2. The molecular formula is C19H20ClN5O. The highest BCUT2D eigenvalue weighted by Gasteiger charge is 2.23. The summed E-state index contributed by atoms with van der Waals surface area (Å²) in [5.41, 5.74) is 3.33.